The molecule has 9 heteroatoms. The number of hydrogen-bond acceptors (Lipinski definition) is 5. The summed E-state index contributed by atoms with van der Waals surface area (Å²) >= 11 is 0. The van der Waals surface area contributed by atoms with E-state index in [0.717, 1.165) is 18.9 Å². The van der Waals surface area contributed by atoms with Gasteiger partial charge in [0.2, 0.25) is 5.91 Å². The van der Waals surface area contributed by atoms with Gasteiger partial charge in [-0.1, -0.05) is 6.42 Å². The Morgan fingerprint density at radius 1 is 1.30 bits per heavy atom. The summed E-state index contributed by atoms with van der Waals surface area (Å²) in [5, 5.41) is 21.3. The minimum atomic E-state index is -0.928. The highest BCUT2D eigenvalue weighted by molar-refractivity contribution is 5.73. The Bertz CT molecular complexity index is 910. The molecular weight excluding hydrogens is 430 g/mol. The maximum Gasteiger partial charge on any atom is 0.217 e. The predicted molar refractivity (Wildman–Crippen MR) is 118 cm³/mol. The van der Waals surface area contributed by atoms with Crippen LogP contribution in [0.4, 0.5) is 8.78 Å². The van der Waals surface area contributed by atoms with Gasteiger partial charge in [-0.05, 0) is 54.9 Å². The van der Waals surface area contributed by atoms with Crippen LogP contribution in [-0.4, -0.2) is 58.2 Å². The van der Waals surface area contributed by atoms with E-state index in [1.54, 1.807) is 6.20 Å². The molecule has 4 atom stereocenters. The van der Waals surface area contributed by atoms with Gasteiger partial charge < -0.3 is 20.5 Å². The normalized spacial score (nSPS) is 25.5. The molecule has 33 heavy (non-hydrogen) atoms. The monoisotopic (exact) mass is 462 g/mol. The molecule has 4 unspecified atom stereocenters. The molecule has 1 aromatic carbocycles. The highest BCUT2D eigenvalue weighted by Gasteiger charge is 2.65. The van der Waals surface area contributed by atoms with Gasteiger partial charge in [0, 0.05) is 37.5 Å². The molecule has 0 bridgehead atoms. The lowest BCUT2D eigenvalue weighted by Crippen LogP contribution is -2.52. The number of nitrogens with one attached hydrogen (secondary N) is 2. The fourth-order valence-corrected chi connectivity index (χ4v) is 5.40. The second-order valence-electron chi connectivity index (χ2n) is 9.24. The number of ether oxygens (including phenoxy) is 1. The summed E-state index contributed by atoms with van der Waals surface area (Å²) in [6, 6.07) is 4.44. The van der Waals surface area contributed by atoms with E-state index in [1.165, 1.54) is 25.5 Å². The molecule has 2 saturated carbocycles. The molecule has 1 amide bonds. The Morgan fingerprint density at radius 2 is 2.03 bits per heavy atom. The third-order valence-corrected chi connectivity index (χ3v) is 6.97. The van der Waals surface area contributed by atoms with Crippen molar-refractivity contribution in [3.05, 3.63) is 53.9 Å². The van der Waals surface area contributed by atoms with Gasteiger partial charge >= 0.3 is 0 Å². The highest BCUT2D eigenvalue weighted by Crippen LogP contribution is 2.60. The number of carbonyl (C=O) groups is 1. The summed E-state index contributed by atoms with van der Waals surface area (Å²) in [6.07, 6.45) is 6.29. The minimum Gasteiger partial charge on any atom is -0.390 e. The Labute approximate surface area is 192 Å². The van der Waals surface area contributed by atoms with Crippen molar-refractivity contribution in [1.29, 1.82) is 0 Å². The zero-order valence-electron chi connectivity index (χ0n) is 18.8. The molecule has 0 aliphatic heterocycles. The standard InChI is InChI=1S/C24H32F2N4O3/c1-16(31)29-22(12-17-10-18(25)13-19(26)11-17)23(32)14-27-24(20-4-2-5-21(20)24)15-33-9-8-30-7-3-6-28-30/h3,6-7,10-11,13,20-23,27,32H,2,4-5,8-9,12,14-15H2,1H3,(H,29,31). The van der Waals surface area contributed by atoms with E-state index in [1.807, 2.05) is 16.9 Å². The number of β-amino-alcohol motifs (C(OH)–C–C–N with tert-alkyl or cyclic N) is 1. The lowest BCUT2D eigenvalue weighted by molar-refractivity contribution is -0.120. The molecular formula is C24H32F2N4O3. The number of aliphatic hydroxyl groups excluding tert-OH is 1. The first-order chi connectivity index (χ1) is 15.9. The molecule has 2 aromatic rings. The number of carbonyl (C=O) groups excluding carboxylic acids is 1. The highest BCUT2D eigenvalue weighted by atomic mass is 19.1. The van der Waals surface area contributed by atoms with Crippen LogP contribution in [-0.2, 0) is 22.5 Å². The number of aliphatic hydroxyl groups is 1. The number of halogens is 2. The van der Waals surface area contributed by atoms with Crippen molar-refractivity contribution >= 4 is 5.91 Å². The molecule has 0 spiro atoms. The predicted octanol–water partition coefficient (Wildman–Crippen LogP) is 2.04. The minimum absolute atomic E-state index is 0.122. The maximum absolute atomic E-state index is 13.6. The van der Waals surface area contributed by atoms with Crippen LogP contribution in [0.2, 0.25) is 0 Å². The average molecular weight is 463 g/mol. The number of fused-ring (bicyclic) bond motifs is 1. The zero-order chi connectivity index (χ0) is 23.4. The summed E-state index contributed by atoms with van der Waals surface area (Å²) in [4.78, 5) is 11.7. The number of nitrogens with zero attached hydrogens (tertiary/aromatic N) is 2. The number of amides is 1. The molecule has 2 aliphatic rings. The fraction of sp³-hybridized carbons (Fsp3) is 0.583. The van der Waals surface area contributed by atoms with E-state index in [-0.39, 0.29) is 24.4 Å². The van der Waals surface area contributed by atoms with Crippen molar-refractivity contribution in [3.8, 4) is 0 Å². The first-order valence-electron chi connectivity index (χ1n) is 11.6. The van der Waals surface area contributed by atoms with E-state index in [2.05, 4.69) is 15.7 Å². The lowest BCUT2D eigenvalue weighted by Gasteiger charge is -2.28. The third kappa shape index (κ3) is 5.77. The van der Waals surface area contributed by atoms with Crippen LogP contribution < -0.4 is 10.6 Å². The summed E-state index contributed by atoms with van der Waals surface area (Å²) in [5.74, 6) is -0.639. The van der Waals surface area contributed by atoms with Gasteiger partial charge in [0.25, 0.3) is 0 Å². The SMILES string of the molecule is CC(=O)NC(Cc1cc(F)cc(F)c1)C(O)CNC1(COCCn2cccn2)C2CCCC21. The molecule has 1 heterocycles. The van der Waals surface area contributed by atoms with E-state index in [9.17, 15) is 18.7 Å². The third-order valence-electron chi connectivity index (χ3n) is 6.97. The molecule has 180 valence electrons. The second kappa shape index (κ2) is 10.3. The first kappa shape index (κ1) is 23.8. The van der Waals surface area contributed by atoms with Crippen molar-refractivity contribution in [1.82, 2.24) is 20.4 Å². The number of hydrogen-bond donors (Lipinski definition) is 3. The smallest absolute Gasteiger partial charge is 0.217 e. The van der Waals surface area contributed by atoms with E-state index in [0.29, 0.717) is 37.2 Å². The molecule has 4 rings (SSSR count). The van der Waals surface area contributed by atoms with Crippen molar-refractivity contribution < 1.29 is 23.4 Å². The summed E-state index contributed by atoms with van der Waals surface area (Å²) < 4.78 is 35.0. The number of benzene rings is 1. The van der Waals surface area contributed by atoms with Crippen molar-refractivity contribution in [2.45, 2.75) is 56.8 Å². The molecule has 2 fully saturated rings. The fourth-order valence-electron chi connectivity index (χ4n) is 5.40. The van der Waals surface area contributed by atoms with Gasteiger partial charge in [-0.15, -0.1) is 0 Å². The Morgan fingerprint density at radius 3 is 2.67 bits per heavy atom. The first-order valence-corrected chi connectivity index (χ1v) is 11.6. The van der Waals surface area contributed by atoms with Crippen molar-refractivity contribution in [2.24, 2.45) is 11.8 Å². The van der Waals surface area contributed by atoms with Crippen LogP contribution in [0.1, 0.15) is 31.7 Å². The van der Waals surface area contributed by atoms with Gasteiger partial charge in [0.1, 0.15) is 11.6 Å². The number of aromatic nitrogens is 2. The lowest BCUT2D eigenvalue weighted by atomic mass is 9.99. The molecule has 7 nitrogen and oxygen atoms in total. The van der Waals surface area contributed by atoms with Gasteiger partial charge in [0.05, 0.1) is 31.9 Å². The largest absolute Gasteiger partial charge is 0.390 e. The van der Waals surface area contributed by atoms with Gasteiger partial charge in [-0.3, -0.25) is 9.48 Å². The van der Waals surface area contributed by atoms with E-state index < -0.39 is 23.8 Å². The maximum atomic E-state index is 13.6. The zero-order valence-corrected chi connectivity index (χ0v) is 18.8. The van der Waals surface area contributed by atoms with Crippen LogP contribution in [0, 0.1) is 23.5 Å². The summed E-state index contributed by atoms with van der Waals surface area (Å²) in [5.41, 5.74) is 0.208. The van der Waals surface area contributed by atoms with Gasteiger partial charge in [0.15, 0.2) is 0 Å². The molecule has 0 radical (unpaired) electrons. The molecule has 0 saturated heterocycles. The Balaban J connectivity index is 1.34. The van der Waals surface area contributed by atoms with E-state index in [4.69, 9.17) is 4.74 Å². The Hall–Kier alpha value is -2.36. The van der Waals surface area contributed by atoms with E-state index >= 15 is 0 Å². The molecule has 1 aromatic heterocycles. The topological polar surface area (TPSA) is 88.4 Å². The summed E-state index contributed by atoms with van der Waals surface area (Å²) in [6.45, 7) is 3.39. The van der Waals surface area contributed by atoms with Crippen molar-refractivity contribution in [3.63, 3.8) is 0 Å². The van der Waals surface area contributed by atoms with Crippen LogP contribution in [0.5, 0.6) is 0 Å². The average Bonchev–Trinajstić information content (AvgIpc) is 3.20. The van der Waals surface area contributed by atoms with Gasteiger partial charge in [-0.2, -0.15) is 5.10 Å². The summed E-state index contributed by atoms with van der Waals surface area (Å²) in [7, 11) is 0. The second-order valence-corrected chi connectivity index (χ2v) is 9.24. The molecule has 3 N–H and O–H groups in total. The Kier molecular flexibility index (Phi) is 7.41. The van der Waals surface area contributed by atoms with Crippen LogP contribution in [0.25, 0.3) is 0 Å². The number of rotatable bonds is 12. The molecule has 2 aliphatic carbocycles. The quantitative estimate of drug-likeness (QED) is 0.420. The van der Waals surface area contributed by atoms with Gasteiger partial charge in [-0.25, -0.2) is 8.78 Å². The van der Waals surface area contributed by atoms with Crippen LogP contribution in [0.3, 0.4) is 0 Å². The van der Waals surface area contributed by atoms with Crippen LogP contribution >= 0.6 is 0 Å². The van der Waals surface area contributed by atoms with Crippen molar-refractivity contribution in [2.75, 3.05) is 19.8 Å². The van der Waals surface area contributed by atoms with Crippen LogP contribution in [0.15, 0.2) is 36.7 Å².